The number of hydrogen-bond acceptors (Lipinski definition) is 6. The third-order valence-electron chi connectivity index (χ3n) is 4.62. The van der Waals surface area contributed by atoms with Crippen LogP contribution in [0.15, 0.2) is 36.9 Å². The topological polar surface area (TPSA) is 101 Å². The lowest BCUT2D eigenvalue weighted by molar-refractivity contribution is -0.119. The Morgan fingerprint density at radius 1 is 1.25 bits per heavy atom. The second kappa shape index (κ2) is 9.95. The van der Waals surface area contributed by atoms with E-state index in [2.05, 4.69) is 25.6 Å². The molecule has 2 N–H and O–H groups in total. The van der Waals surface area contributed by atoms with Crippen LogP contribution in [0.2, 0.25) is 0 Å². The van der Waals surface area contributed by atoms with Gasteiger partial charge in [0.15, 0.2) is 0 Å². The van der Waals surface area contributed by atoms with Gasteiger partial charge in [-0.3, -0.25) is 19.2 Å². The summed E-state index contributed by atoms with van der Waals surface area (Å²) in [7, 11) is 0. The standard InChI is InChI=1S/C19H26N6O3/c1-15(12-25-14-20-13-22-25)18(26)23-17-5-3-2-4-16(17)19(27)21-6-7-24-8-10-28-11-9-24/h2-5,13-15H,6-12H2,1H3,(H,21,27)(H,23,26)/t15-/m0/s1. The third-order valence-corrected chi connectivity index (χ3v) is 4.62. The van der Waals surface area contributed by atoms with Crippen molar-refractivity contribution in [1.29, 1.82) is 0 Å². The van der Waals surface area contributed by atoms with Crippen molar-refractivity contribution in [2.45, 2.75) is 13.5 Å². The molecule has 9 nitrogen and oxygen atoms in total. The fourth-order valence-electron chi connectivity index (χ4n) is 2.98. The van der Waals surface area contributed by atoms with Crippen LogP contribution in [0.25, 0.3) is 0 Å². The molecule has 150 valence electrons. The number of rotatable bonds is 8. The molecule has 1 aliphatic heterocycles. The van der Waals surface area contributed by atoms with E-state index in [1.807, 2.05) is 6.92 Å². The molecule has 1 fully saturated rings. The molecule has 1 aromatic heterocycles. The number of morpholine rings is 1. The molecule has 0 bridgehead atoms. The minimum absolute atomic E-state index is 0.177. The highest BCUT2D eigenvalue weighted by Gasteiger charge is 2.18. The van der Waals surface area contributed by atoms with Gasteiger partial charge in [0.25, 0.3) is 5.91 Å². The highest BCUT2D eigenvalue weighted by Crippen LogP contribution is 2.16. The summed E-state index contributed by atoms with van der Waals surface area (Å²) in [6.07, 6.45) is 3.00. The number of benzene rings is 1. The van der Waals surface area contributed by atoms with Crippen molar-refractivity contribution in [2.24, 2.45) is 5.92 Å². The Hall–Kier alpha value is -2.78. The molecule has 3 rings (SSSR count). The van der Waals surface area contributed by atoms with E-state index in [4.69, 9.17) is 4.74 Å². The SMILES string of the molecule is C[C@@H](Cn1cncn1)C(=O)Nc1ccccc1C(=O)NCCN1CCOCC1. The molecule has 0 spiro atoms. The van der Waals surface area contributed by atoms with Gasteiger partial charge in [-0.2, -0.15) is 5.10 Å². The average Bonchev–Trinajstić information content (AvgIpc) is 3.22. The van der Waals surface area contributed by atoms with Crippen molar-refractivity contribution in [2.75, 3.05) is 44.7 Å². The number of carbonyl (C=O) groups is 2. The zero-order valence-electron chi connectivity index (χ0n) is 16.0. The van der Waals surface area contributed by atoms with Crippen LogP contribution in [0.1, 0.15) is 17.3 Å². The van der Waals surface area contributed by atoms with Crippen molar-refractivity contribution in [3.05, 3.63) is 42.5 Å². The van der Waals surface area contributed by atoms with Crippen molar-refractivity contribution in [3.8, 4) is 0 Å². The zero-order chi connectivity index (χ0) is 19.8. The molecule has 2 amide bonds. The fourth-order valence-corrected chi connectivity index (χ4v) is 2.98. The Morgan fingerprint density at radius 3 is 2.79 bits per heavy atom. The predicted octanol–water partition coefficient (Wildman–Crippen LogP) is 0.615. The largest absolute Gasteiger partial charge is 0.379 e. The Balaban J connectivity index is 1.54. The lowest BCUT2D eigenvalue weighted by atomic mass is 10.1. The number of para-hydroxylation sites is 1. The zero-order valence-corrected chi connectivity index (χ0v) is 16.0. The Labute approximate surface area is 164 Å². The van der Waals surface area contributed by atoms with E-state index in [9.17, 15) is 9.59 Å². The summed E-state index contributed by atoms with van der Waals surface area (Å²) in [4.78, 5) is 31.2. The van der Waals surface area contributed by atoms with Crippen molar-refractivity contribution in [1.82, 2.24) is 25.0 Å². The van der Waals surface area contributed by atoms with E-state index in [1.165, 1.54) is 6.33 Å². The first-order chi connectivity index (χ1) is 13.6. The number of amides is 2. The second-order valence-corrected chi connectivity index (χ2v) is 6.76. The molecule has 9 heteroatoms. The molecular formula is C19H26N6O3. The molecule has 1 saturated heterocycles. The fraction of sp³-hybridized carbons (Fsp3) is 0.474. The van der Waals surface area contributed by atoms with Gasteiger partial charge in [-0.15, -0.1) is 0 Å². The van der Waals surface area contributed by atoms with Crippen LogP contribution in [-0.4, -0.2) is 70.9 Å². The molecule has 0 radical (unpaired) electrons. The monoisotopic (exact) mass is 386 g/mol. The highest BCUT2D eigenvalue weighted by atomic mass is 16.5. The highest BCUT2D eigenvalue weighted by molar-refractivity contribution is 6.04. The van der Waals surface area contributed by atoms with Crippen LogP contribution in [0.4, 0.5) is 5.69 Å². The minimum Gasteiger partial charge on any atom is -0.379 e. The van der Waals surface area contributed by atoms with E-state index in [0.717, 1.165) is 32.8 Å². The van der Waals surface area contributed by atoms with E-state index in [1.54, 1.807) is 35.3 Å². The summed E-state index contributed by atoms with van der Waals surface area (Å²) < 4.78 is 6.93. The maximum atomic E-state index is 12.6. The molecule has 1 atom stereocenters. The molecular weight excluding hydrogens is 360 g/mol. The van der Waals surface area contributed by atoms with Gasteiger partial charge in [0.1, 0.15) is 12.7 Å². The van der Waals surface area contributed by atoms with Crippen molar-refractivity contribution >= 4 is 17.5 Å². The molecule has 0 unspecified atom stereocenters. The van der Waals surface area contributed by atoms with Crippen LogP contribution in [0.5, 0.6) is 0 Å². The molecule has 2 heterocycles. The maximum absolute atomic E-state index is 12.6. The number of anilines is 1. The Morgan fingerprint density at radius 2 is 2.04 bits per heavy atom. The normalized spacial score (nSPS) is 15.8. The first kappa shape index (κ1) is 20.0. The van der Waals surface area contributed by atoms with E-state index in [-0.39, 0.29) is 17.7 Å². The predicted molar refractivity (Wildman–Crippen MR) is 104 cm³/mol. The average molecular weight is 386 g/mol. The van der Waals surface area contributed by atoms with E-state index in [0.29, 0.717) is 24.3 Å². The Bertz CT molecular complexity index is 774. The van der Waals surface area contributed by atoms with Gasteiger partial charge in [-0.05, 0) is 12.1 Å². The minimum atomic E-state index is -0.320. The van der Waals surface area contributed by atoms with Crippen LogP contribution in [-0.2, 0) is 16.1 Å². The van der Waals surface area contributed by atoms with E-state index >= 15 is 0 Å². The summed E-state index contributed by atoms with van der Waals surface area (Å²) in [5.41, 5.74) is 0.951. The lowest BCUT2D eigenvalue weighted by Crippen LogP contribution is -2.41. The molecule has 1 aliphatic rings. The number of nitrogens with zero attached hydrogens (tertiary/aromatic N) is 4. The van der Waals surface area contributed by atoms with Crippen molar-refractivity contribution in [3.63, 3.8) is 0 Å². The number of carbonyl (C=O) groups excluding carboxylic acids is 2. The van der Waals surface area contributed by atoms with Gasteiger partial charge in [-0.25, -0.2) is 4.98 Å². The van der Waals surface area contributed by atoms with Gasteiger partial charge in [-0.1, -0.05) is 19.1 Å². The maximum Gasteiger partial charge on any atom is 0.253 e. The van der Waals surface area contributed by atoms with Gasteiger partial charge in [0.05, 0.1) is 36.9 Å². The molecule has 28 heavy (non-hydrogen) atoms. The summed E-state index contributed by atoms with van der Waals surface area (Å²) in [5.74, 6) is -0.698. The first-order valence-corrected chi connectivity index (χ1v) is 9.44. The third kappa shape index (κ3) is 5.61. The summed E-state index contributed by atoms with van der Waals surface area (Å²) in [5, 5.41) is 9.80. The summed E-state index contributed by atoms with van der Waals surface area (Å²) >= 11 is 0. The number of aromatic nitrogens is 3. The summed E-state index contributed by atoms with van der Waals surface area (Å²) in [6, 6.07) is 7.02. The summed E-state index contributed by atoms with van der Waals surface area (Å²) in [6.45, 7) is 6.77. The molecule has 0 saturated carbocycles. The van der Waals surface area contributed by atoms with Crippen LogP contribution >= 0.6 is 0 Å². The number of nitrogens with one attached hydrogen (secondary N) is 2. The number of hydrogen-bond donors (Lipinski definition) is 2. The van der Waals surface area contributed by atoms with E-state index < -0.39 is 0 Å². The molecule has 0 aliphatic carbocycles. The van der Waals surface area contributed by atoms with Crippen molar-refractivity contribution < 1.29 is 14.3 Å². The Kier molecular flexibility index (Phi) is 7.10. The van der Waals surface area contributed by atoms with Gasteiger partial charge >= 0.3 is 0 Å². The lowest BCUT2D eigenvalue weighted by Gasteiger charge is -2.26. The smallest absolute Gasteiger partial charge is 0.253 e. The second-order valence-electron chi connectivity index (χ2n) is 6.76. The van der Waals surface area contributed by atoms with Gasteiger partial charge in [0.2, 0.25) is 5.91 Å². The quantitative estimate of drug-likeness (QED) is 0.690. The van der Waals surface area contributed by atoms with Crippen LogP contribution in [0, 0.1) is 5.92 Å². The van der Waals surface area contributed by atoms with Crippen LogP contribution < -0.4 is 10.6 Å². The van der Waals surface area contributed by atoms with Gasteiger partial charge in [0, 0.05) is 26.2 Å². The van der Waals surface area contributed by atoms with Gasteiger partial charge < -0.3 is 15.4 Å². The first-order valence-electron chi connectivity index (χ1n) is 9.44. The van der Waals surface area contributed by atoms with Crippen LogP contribution in [0.3, 0.4) is 0 Å². The molecule has 2 aromatic rings. The molecule has 1 aromatic carbocycles. The number of ether oxygens (including phenoxy) is 1.